The topological polar surface area (TPSA) is 141 Å². The molecule has 1 aliphatic rings. The first-order valence-corrected chi connectivity index (χ1v) is 7.99. The summed E-state index contributed by atoms with van der Waals surface area (Å²) < 4.78 is 30.7. The van der Waals surface area contributed by atoms with Crippen molar-refractivity contribution in [1.29, 1.82) is 0 Å². The molecule has 1 rings (SSSR count). The summed E-state index contributed by atoms with van der Waals surface area (Å²) in [5, 5.41) is 0. The van der Waals surface area contributed by atoms with E-state index < -0.39 is 67.2 Å². The lowest BCUT2D eigenvalue weighted by atomic mass is 10.1. The number of esters is 5. The fourth-order valence-electron chi connectivity index (χ4n) is 2.46. The van der Waals surface area contributed by atoms with E-state index >= 15 is 0 Å². The van der Waals surface area contributed by atoms with E-state index in [0.717, 1.165) is 34.6 Å². The normalized spacial score (nSPS) is 25.1. The smallest absolute Gasteiger partial charge is 0.305 e. The van der Waals surface area contributed by atoms with E-state index in [0.29, 0.717) is 0 Å². The standard InChI is InChI=1S/C16H22O11/c1-7(17)22-6-12(23-8(2)18)13-14(24-9(3)19)15(25-10(4)20)16(27-13)26-11(5)21/h12-16H,6H2,1-5H3/t12-,13+,14+,15+,16+/m1/s1. The van der Waals surface area contributed by atoms with Crippen LogP contribution in [0.2, 0.25) is 0 Å². The van der Waals surface area contributed by atoms with Gasteiger partial charge in [-0.25, -0.2) is 0 Å². The maximum Gasteiger partial charge on any atom is 0.305 e. The number of ether oxygens (including phenoxy) is 6. The van der Waals surface area contributed by atoms with Crippen molar-refractivity contribution < 1.29 is 52.4 Å². The van der Waals surface area contributed by atoms with Crippen molar-refractivity contribution in [2.45, 2.75) is 65.3 Å². The summed E-state index contributed by atoms with van der Waals surface area (Å²) >= 11 is 0. The van der Waals surface area contributed by atoms with Gasteiger partial charge in [-0.3, -0.25) is 24.0 Å². The molecule has 0 N–H and O–H groups in total. The van der Waals surface area contributed by atoms with Crippen LogP contribution in [0, 0.1) is 0 Å². The number of carbonyl (C=O) groups is 5. The Morgan fingerprint density at radius 2 is 1.26 bits per heavy atom. The molecule has 1 fully saturated rings. The van der Waals surface area contributed by atoms with Gasteiger partial charge in [-0.2, -0.15) is 0 Å². The largest absolute Gasteiger partial charge is 0.462 e. The zero-order valence-electron chi connectivity index (χ0n) is 15.6. The Morgan fingerprint density at radius 3 is 1.70 bits per heavy atom. The first-order chi connectivity index (χ1) is 12.5. The van der Waals surface area contributed by atoms with Gasteiger partial charge < -0.3 is 28.4 Å². The van der Waals surface area contributed by atoms with Gasteiger partial charge in [-0.1, -0.05) is 0 Å². The highest BCUT2D eigenvalue weighted by atomic mass is 16.8. The summed E-state index contributed by atoms with van der Waals surface area (Å²) in [6.45, 7) is 5.15. The third-order valence-corrected chi connectivity index (χ3v) is 3.23. The summed E-state index contributed by atoms with van der Waals surface area (Å²) in [6, 6.07) is 0. The second kappa shape index (κ2) is 9.86. The van der Waals surface area contributed by atoms with Crippen LogP contribution >= 0.6 is 0 Å². The number of carbonyl (C=O) groups excluding carboxylic acids is 5. The molecule has 1 saturated heterocycles. The molecule has 5 atom stereocenters. The predicted octanol–water partition coefficient (Wildman–Crippen LogP) is -0.367. The fraction of sp³-hybridized carbons (Fsp3) is 0.688. The molecule has 0 aromatic carbocycles. The van der Waals surface area contributed by atoms with Gasteiger partial charge in [0.05, 0.1) is 0 Å². The van der Waals surface area contributed by atoms with Crippen LogP contribution in [0.1, 0.15) is 34.6 Å². The van der Waals surface area contributed by atoms with E-state index in [9.17, 15) is 24.0 Å². The van der Waals surface area contributed by atoms with Gasteiger partial charge >= 0.3 is 29.8 Å². The lowest BCUT2D eigenvalue weighted by molar-refractivity contribution is -0.203. The Labute approximate surface area is 155 Å². The van der Waals surface area contributed by atoms with Crippen molar-refractivity contribution in [2.75, 3.05) is 6.61 Å². The summed E-state index contributed by atoms with van der Waals surface area (Å²) in [7, 11) is 0. The predicted molar refractivity (Wildman–Crippen MR) is 83.7 cm³/mol. The van der Waals surface area contributed by atoms with Crippen LogP contribution in [0.4, 0.5) is 0 Å². The highest BCUT2D eigenvalue weighted by molar-refractivity contribution is 5.69. The molecule has 0 radical (unpaired) electrons. The zero-order valence-corrected chi connectivity index (χ0v) is 15.6. The van der Waals surface area contributed by atoms with E-state index in [2.05, 4.69) is 0 Å². The summed E-state index contributed by atoms with van der Waals surface area (Å²) in [5.74, 6) is -3.62. The van der Waals surface area contributed by atoms with Crippen LogP contribution in [0.25, 0.3) is 0 Å². The van der Waals surface area contributed by atoms with E-state index in [1.165, 1.54) is 0 Å². The lowest BCUT2D eigenvalue weighted by Gasteiger charge is -2.27. The Kier molecular flexibility index (Phi) is 8.16. The highest BCUT2D eigenvalue weighted by Crippen LogP contribution is 2.31. The molecule has 0 saturated carbocycles. The average molecular weight is 390 g/mol. The van der Waals surface area contributed by atoms with Gasteiger partial charge in [0.25, 0.3) is 0 Å². The molecule has 0 amide bonds. The minimum absolute atomic E-state index is 0.420. The molecule has 0 unspecified atom stereocenters. The van der Waals surface area contributed by atoms with Crippen LogP contribution < -0.4 is 0 Å². The lowest BCUT2D eigenvalue weighted by Crippen LogP contribution is -2.46. The first kappa shape index (κ1) is 22.4. The molecule has 1 heterocycles. The molecular weight excluding hydrogens is 368 g/mol. The molecule has 0 aromatic heterocycles. The van der Waals surface area contributed by atoms with Gasteiger partial charge in [-0.05, 0) is 0 Å². The molecule has 0 aromatic rings. The average Bonchev–Trinajstić information content (AvgIpc) is 2.79. The van der Waals surface area contributed by atoms with E-state index in [1.54, 1.807) is 0 Å². The van der Waals surface area contributed by atoms with E-state index in [1.807, 2.05) is 0 Å². The van der Waals surface area contributed by atoms with Gasteiger partial charge in [0.2, 0.25) is 12.4 Å². The maximum absolute atomic E-state index is 11.5. The Hall–Kier alpha value is -2.69. The monoisotopic (exact) mass is 390 g/mol. The molecule has 0 aliphatic carbocycles. The maximum atomic E-state index is 11.5. The molecule has 0 bridgehead atoms. The molecule has 11 nitrogen and oxygen atoms in total. The Morgan fingerprint density at radius 1 is 0.741 bits per heavy atom. The van der Waals surface area contributed by atoms with E-state index in [4.69, 9.17) is 28.4 Å². The minimum Gasteiger partial charge on any atom is -0.462 e. The van der Waals surface area contributed by atoms with Crippen molar-refractivity contribution in [1.82, 2.24) is 0 Å². The molecule has 0 spiro atoms. The Balaban J connectivity index is 3.20. The zero-order chi connectivity index (χ0) is 20.7. The number of hydrogen-bond donors (Lipinski definition) is 0. The quantitative estimate of drug-likeness (QED) is 0.415. The number of rotatable bonds is 7. The second-order valence-electron chi connectivity index (χ2n) is 5.68. The van der Waals surface area contributed by atoms with Crippen molar-refractivity contribution in [3.8, 4) is 0 Å². The van der Waals surface area contributed by atoms with Gasteiger partial charge in [0, 0.05) is 34.6 Å². The molecule has 11 heteroatoms. The molecule has 1 aliphatic heterocycles. The molecule has 152 valence electrons. The minimum atomic E-state index is -1.42. The van der Waals surface area contributed by atoms with Crippen LogP contribution in [-0.2, 0) is 52.4 Å². The molecule has 27 heavy (non-hydrogen) atoms. The van der Waals surface area contributed by atoms with Gasteiger partial charge in [0.15, 0.2) is 12.2 Å². The summed E-state index contributed by atoms with van der Waals surface area (Å²) in [4.78, 5) is 56.7. The summed E-state index contributed by atoms with van der Waals surface area (Å²) in [6.07, 6.45) is -6.46. The van der Waals surface area contributed by atoms with Crippen molar-refractivity contribution in [3.63, 3.8) is 0 Å². The highest BCUT2D eigenvalue weighted by Gasteiger charge is 2.55. The van der Waals surface area contributed by atoms with Crippen LogP contribution in [0.15, 0.2) is 0 Å². The molecular formula is C16H22O11. The van der Waals surface area contributed by atoms with Crippen LogP contribution in [-0.4, -0.2) is 67.2 Å². The van der Waals surface area contributed by atoms with Crippen molar-refractivity contribution in [3.05, 3.63) is 0 Å². The Bertz CT molecular complexity index is 599. The second-order valence-corrected chi connectivity index (χ2v) is 5.68. The van der Waals surface area contributed by atoms with Gasteiger partial charge in [-0.15, -0.1) is 0 Å². The first-order valence-electron chi connectivity index (χ1n) is 7.99. The van der Waals surface area contributed by atoms with Crippen molar-refractivity contribution >= 4 is 29.8 Å². The van der Waals surface area contributed by atoms with E-state index in [-0.39, 0.29) is 0 Å². The SMILES string of the molecule is CC(=O)OC[C@@H](OC(C)=O)[C@@H]1O[C@H](OC(C)=O)[C@@H](OC(C)=O)[C@H]1OC(C)=O. The van der Waals surface area contributed by atoms with Gasteiger partial charge in [0.1, 0.15) is 12.7 Å². The number of hydrogen-bond acceptors (Lipinski definition) is 11. The third kappa shape index (κ3) is 7.21. The van der Waals surface area contributed by atoms with Crippen LogP contribution in [0.5, 0.6) is 0 Å². The summed E-state index contributed by atoms with van der Waals surface area (Å²) in [5.41, 5.74) is 0. The third-order valence-electron chi connectivity index (χ3n) is 3.23. The van der Waals surface area contributed by atoms with Crippen LogP contribution in [0.3, 0.4) is 0 Å². The van der Waals surface area contributed by atoms with Crippen molar-refractivity contribution in [2.24, 2.45) is 0 Å². The fourth-order valence-corrected chi connectivity index (χ4v) is 2.46.